The van der Waals surface area contributed by atoms with E-state index in [4.69, 9.17) is 9.94 Å². The first-order chi connectivity index (χ1) is 7.84. The van der Waals surface area contributed by atoms with E-state index in [-0.39, 0.29) is 11.5 Å². The molecule has 96 valence electrons. The van der Waals surface area contributed by atoms with Gasteiger partial charge in [-0.1, -0.05) is 25.9 Å². The average Bonchev–Trinajstić information content (AvgIpc) is 2.55. The molecule has 1 heterocycles. The first-order valence-corrected chi connectivity index (χ1v) is 5.66. The van der Waals surface area contributed by atoms with Gasteiger partial charge in [0.15, 0.2) is 5.82 Å². The quantitative estimate of drug-likeness (QED) is 0.497. The third-order valence-corrected chi connectivity index (χ3v) is 2.84. The fourth-order valence-electron chi connectivity index (χ4n) is 1.25. The summed E-state index contributed by atoms with van der Waals surface area (Å²) in [5.41, 5.74) is 0.947. The van der Waals surface area contributed by atoms with Crippen molar-refractivity contribution in [1.29, 1.82) is 0 Å². The molecule has 1 aromatic rings. The number of aromatic nitrogens is 2. The zero-order valence-corrected chi connectivity index (χ0v) is 11.1. The van der Waals surface area contributed by atoms with E-state index in [9.17, 15) is 0 Å². The first-order valence-electron chi connectivity index (χ1n) is 5.66. The highest BCUT2D eigenvalue weighted by Crippen LogP contribution is 2.22. The van der Waals surface area contributed by atoms with Gasteiger partial charge in [-0.2, -0.15) is 0 Å². The Morgan fingerprint density at radius 3 is 2.76 bits per heavy atom. The van der Waals surface area contributed by atoms with Gasteiger partial charge in [-0.3, -0.25) is 0 Å². The molecule has 1 N–H and O–H groups in total. The third kappa shape index (κ3) is 3.85. The summed E-state index contributed by atoms with van der Waals surface area (Å²) in [6.07, 6.45) is 3.32. The van der Waals surface area contributed by atoms with Crippen LogP contribution in [0.25, 0.3) is 0 Å². The Bertz CT molecular complexity index is 391. The molecule has 17 heavy (non-hydrogen) atoms. The van der Waals surface area contributed by atoms with Crippen LogP contribution >= 0.6 is 0 Å². The molecule has 5 nitrogen and oxygen atoms in total. The van der Waals surface area contributed by atoms with Crippen LogP contribution in [0.4, 0.5) is 0 Å². The van der Waals surface area contributed by atoms with Crippen LogP contribution in [0, 0.1) is 5.41 Å². The minimum Gasteiger partial charge on any atom is -0.411 e. The van der Waals surface area contributed by atoms with Crippen LogP contribution in [-0.4, -0.2) is 27.1 Å². The molecule has 1 aromatic heterocycles. The highest BCUT2D eigenvalue weighted by Gasteiger charge is 2.20. The molecule has 0 radical (unpaired) electrons. The molecule has 0 aliphatic carbocycles. The van der Waals surface area contributed by atoms with E-state index in [2.05, 4.69) is 37.8 Å². The fraction of sp³-hybridized carbons (Fsp3) is 0.667. The summed E-state index contributed by atoms with van der Waals surface area (Å²) in [6, 6.07) is 0. The van der Waals surface area contributed by atoms with Gasteiger partial charge in [0.2, 0.25) is 0 Å². The van der Waals surface area contributed by atoms with E-state index in [1.807, 2.05) is 13.2 Å². The number of oxime groups is 1. The van der Waals surface area contributed by atoms with Gasteiger partial charge in [-0.15, -0.1) is 0 Å². The molecule has 0 spiro atoms. The minimum absolute atomic E-state index is 0.115. The molecule has 0 saturated heterocycles. The van der Waals surface area contributed by atoms with Crippen LogP contribution in [-0.2, 0) is 18.4 Å². The Morgan fingerprint density at radius 2 is 2.24 bits per heavy atom. The van der Waals surface area contributed by atoms with E-state index >= 15 is 0 Å². The molecule has 0 aromatic carbocycles. The zero-order chi connectivity index (χ0) is 13.1. The molecule has 0 saturated carbocycles. The highest BCUT2D eigenvalue weighted by molar-refractivity contribution is 5.74. The Hall–Kier alpha value is -1.36. The number of aryl methyl sites for hydroxylation is 1. The molecule has 1 unspecified atom stereocenters. The van der Waals surface area contributed by atoms with E-state index in [1.165, 1.54) is 6.21 Å². The van der Waals surface area contributed by atoms with E-state index < -0.39 is 0 Å². The maximum atomic E-state index is 8.46. The van der Waals surface area contributed by atoms with E-state index in [1.54, 1.807) is 4.57 Å². The van der Waals surface area contributed by atoms with Gasteiger partial charge in [0.05, 0.1) is 18.4 Å². The number of nitrogens with zero attached hydrogens (tertiary/aromatic N) is 3. The van der Waals surface area contributed by atoms with Crippen molar-refractivity contribution in [3.63, 3.8) is 0 Å². The summed E-state index contributed by atoms with van der Waals surface area (Å²) in [4.78, 5) is 4.28. The van der Waals surface area contributed by atoms with Crippen LogP contribution in [0.1, 0.15) is 39.2 Å². The molecular weight excluding hydrogens is 218 g/mol. The number of hydrogen-bond donors (Lipinski definition) is 1. The summed E-state index contributed by atoms with van der Waals surface area (Å²) < 4.78 is 7.55. The number of imidazole rings is 1. The van der Waals surface area contributed by atoms with E-state index in [0.29, 0.717) is 12.4 Å². The standard InChI is InChI=1S/C12H21N3O2/c1-9(12(2,3)4)17-8-10-7-15(5)11(14-10)6-13-16/h6-7,9,16H,8H2,1-5H3/b13-6+. The topological polar surface area (TPSA) is 59.6 Å². The van der Waals surface area contributed by atoms with Gasteiger partial charge in [-0.25, -0.2) is 4.98 Å². The second-order valence-corrected chi connectivity index (χ2v) is 5.27. The van der Waals surface area contributed by atoms with Crippen molar-refractivity contribution < 1.29 is 9.94 Å². The minimum atomic E-state index is 0.115. The third-order valence-electron chi connectivity index (χ3n) is 2.84. The normalized spacial score (nSPS) is 14.4. The summed E-state index contributed by atoms with van der Waals surface area (Å²) >= 11 is 0. The van der Waals surface area contributed by atoms with Crippen molar-refractivity contribution in [1.82, 2.24) is 9.55 Å². The smallest absolute Gasteiger partial charge is 0.154 e. The molecule has 1 rings (SSSR count). The first kappa shape index (κ1) is 13.7. The van der Waals surface area contributed by atoms with E-state index in [0.717, 1.165) is 5.69 Å². The molecule has 0 bridgehead atoms. The molecule has 0 aliphatic rings. The SMILES string of the molecule is CC(OCc1cn(C)c(/C=N/O)n1)C(C)(C)C. The van der Waals surface area contributed by atoms with Crippen molar-refractivity contribution in [2.45, 2.75) is 40.4 Å². The van der Waals surface area contributed by atoms with Crippen molar-refractivity contribution >= 4 is 6.21 Å². The molecule has 5 heteroatoms. The summed E-state index contributed by atoms with van der Waals surface area (Å²) in [5.74, 6) is 0.606. The van der Waals surface area contributed by atoms with Gasteiger partial charge in [0.1, 0.15) is 6.21 Å². The van der Waals surface area contributed by atoms with Crippen LogP contribution in [0.5, 0.6) is 0 Å². The Morgan fingerprint density at radius 1 is 1.59 bits per heavy atom. The van der Waals surface area contributed by atoms with Gasteiger partial charge in [0, 0.05) is 13.2 Å². The lowest BCUT2D eigenvalue weighted by Crippen LogP contribution is -2.25. The molecule has 0 aliphatic heterocycles. The van der Waals surface area contributed by atoms with Crippen LogP contribution in [0.15, 0.2) is 11.4 Å². The van der Waals surface area contributed by atoms with Crippen molar-refractivity contribution in [2.75, 3.05) is 0 Å². The van der Waals surface area contributed by atoms with Gasteiger partial charge >= 0.3 is 0 Å². The van der Waals surface area contributed by atoms with Crippen LogP contribution in [0.2, 0.25) is 0 Å². The number of hydrogen-bond acceptors (Lipinski definition) is 4. The molecule has 0 fully saturated rings. The Balaban J connectivity index is 2.61. The van der Waals surface area contributed by atoms with Gasteiger partial charge in [0.25, 0.3) is 0 Å². The predicted molar refractivity (Wildman–Crippen MR) is 66.3 cm³/mol. The molecular formula is C12H21N3O2. The Kier molecular flexibility index (Phi) is 4.28. The average molecular weight is 239 g/mol. The number of rotatable bonds is 4. The van der Waals surface area contributed by atoms with Crippen molar-refractivity contribution in [3.05, 3.63) is 17.7 Å². The van der Waals surface area contributed by atoms with Crippen molar-refractivity contribution in [3.8, 4) is 0 Å². The van der Waals surface area contributed by atoms with Crippen molar-refractivity contribution in [2.24, 2.45) is 17.6 Å². The molecule has 0 amide bonds. The Labute approximate surface area is 102 Å². The number of ether oxygens (including phenoxy) is 1. The molecule has 1 atom stereocenters. The lowest BCUT2D eigenvalue weighted by Gasteiger charge is -2.26. The van der Waals surface area contributed by atoms with Crippen LogP contribution < -0.4 is 0 Å². The maximum absolute atomic E-state index is 8.46. The second-order valence-electron chi connectivity index (χ2n) is 5.27. The predicted octanol–water partition coefficient (Wildman–Crippen LogP) is 2.18. The lowest BCUT2D eigenvalue weighted by molar-refractivity contribution is -0.0165. The summed E-state index contributed by atoms with van der Waals surface area (Å²) in [7, 11) is 1.85. The zero-order valence-electron chi connectivity index (χ0n) is 11.1. The second kappa shape index (κ2) is 5.31. The lowest BCUT2D eigenvalue weighted by atomic mass is 9.90. The fourth-order valence-corrected chi connectivity index (χ4v) is 1.25. The highest BCUT2D eigenvalue weighted by atomic mass is 16.5. The summed E-state index contributed by atoms with van der Waals surface area (Å²) in [6.45, 7) is 8.93. The van der Waals surface area contributed by atoms with Gasteiger partial charge in [-0.05, 0) is 12.3 Å². The largest absolute Gasteiger partial charge is 0.411 e. The van der Waals surface area contributed by atoms with Crippen LogP contribution in [0.3, 0.4) is 0 Å². The monoisotopic (exact) mass is 239 g/mol. The van der Waals surface area contributed by atoms with Gasteiger partial charge < -0.3 is 14.5 Å². The summed E-state index contributed by atoms with van der Waals surface area (Å²) in [5, 5.41) is 11.4. The maximum Gasteiger partial charge on any atom is 0.154 e.